The highest BCUT2D eigenvalue weighted by Crippen LogP contribution is 2.32. The number of hydrogen-bond acceptors (Lipinski definition) is 2. The molecule has 0 radical (unpaired) electrons. The minimum atomic E-state index is -0.0845. The Hall–Kier alpha value is -1.28. The highest BCUT2D eigenvalue weighted by Gasteiger charge is 2.26. The summed E-state index contributed by atoms with van der Waals surface area (Å²) >= 11 is 0. The molecule has 62 valence electrons. The molecule has 0 fully saturated rings. The van der Waals surface area contributed by atoms with Gasteiger partial charge in [-0.25, -0.2) is 0 Å². The molecule has 2 nitrogen and oxygen atoms in total. The summed E-state index contributed by atoms with van der Waals surface area (Å²) in [5.41, 5.74) is 2.57. The molecule has 0 bridgehead atoms. The largest absolute Gasteiger partial charge is 0.198 e. The molecule has 0 unspecified atom stereocenters. The Morgan fingerprint density at radius 3 is 1.58 bits per heavy atom. The van der Waals surface area contributed by atoms with Crippen LogP contribution in [-0.4, -0.2) is 0 Å². The third-order valence-corrected chi connectivity index (χ3v) is 2.60. The van der Waals surface area contributed by atoms with Crippen molar-refractivity contribution in [2.24, 2.45) is 11.8 Å². The van der Waals surface area contributed by atoms with Crippen LogP contribution in [-0.2, 0) is 0 Å². The molecule has 0 N–H and O–H groups in total. The minimum Gasteiger partial charge on any atom is -0.198 e. The molecule has 0 saturated carbocycles. The lowest BCUT2D eigenvalue weighted by atomic mass is 9.78. The van der Waals surface area contributed by atoms with E-state index in [1.807, 2.05) is 13.8 Å². The van der Waals surface area contributed by atoms with Gasteiger partial charge in [-0.15, -0.1) is 0 Å². The minimum absolute atomic E-state index is 0.0845. The molecule has 1 rings (SSSR count). The van der Waals surface area contributed by atoms with Crippen molar-refractivity contribution in [3.8, 4) is 12.1 Å². The van der Waals surface area contributed by atoms with E-state index in [0.717, 1.165) is 12.8 Å². The lowest BCUT2D eigenvalue weighted by Gasteiger charge is -2.23. The van der Waals surface area contributed by atoms with Gasteiger partial charge in [-0.2, -0.15) is 10.5 Å². The fourth-order valence-corrected chi connectivity index (χ4v) is 1.56. The summed E-state index contributed by atoms with van der Waals surface area (Å²) < 4.78 is 0. The van der Waals surface area contributed by atoms with E-state index in [4.69, 9.17) is 10.5 Å². The highest BCUT2D eigenvalue weighted by molar-refractivity contribution is 5.21. The van der Waals surface area contributed by atoms with Crippen molar-refractivity contribution in [1.29, 1.82) is 10.5 Å². The number of nitriles is 2. The Morgan fingerprint density at radius 1 is 1.00 bits per heavy atom. The third kappa shape index (κ3) is 1.48. The number of nitrogens with zero attached hydrogens (tertiary/aromatic N) is 2. The first-order valence-corrected chi connectivity index (χ1v) is 4.13. The van der Waals surface area contributed by atoms with Crippen molar-refractivity contribution in [3.63, 3.8) is 0 Å². The van der Waals surface area contributed by atoms with Crippen molar-refractivity contribution < 1.29 is 0 Å². The van der Waals surface area contributed by atoms with Crippen LogP contribution in [0.2, 0.25) is 0 Å². The van der Waals surface area contributed by atoms with E-state index < -0.39 is 0 Å². The van der Waals surface area contributed by atoms with Gasteiger partial charge in [-0.05, 0) is 26.7 Å². The molecule has 2 atom stereocenters. The van der Waals surface area contributed by atoms with Gasteiger partial charge in [-0.1, -0.05) is 11.1 Å². The molecule has 0 aliphatic heterocycles. The average molecular weight is 160 g/mol. The first-order chi connectivity index (χ1) is 5.69. The van der Waals surface area contributed by atoms with E-state index in [1.165, 1.54) is 11.1 Å². The Balaban J connectivity index is 2.86. The van der Waals surface area contributed by atoms with Gasteiger partial charge in [-0.3, -0.25) is 0 Å². The molecule has 0 aromatic heterocycles. The second-order valence-electron chi connectivity index (χ2n) is 3.44. The first-order valence-electron chi connectivity index (χ1n) is 4.13. The molecular weight excluding hydrogens is 148 g/mol. The second kappa shape index (κ2) is 3.41. The molecule has 0 amide bonds. The lowest BCUT2D eigenvalue weighted by Crippen LogP contribution is -2.17. The topological polar surface area (TPSA) is 47.6 Å². The van der Waals surface area contributed by atoms with Crippen LogP contribution in [0, 0.1) is 34.5 Å². The summed E-state index contributed by atoms with van der Waals surface area (Å²) in [7, 11) is 0. The van der Waals surface area contributed by atoms with Crippen LogP contribution in [0.4, 0.5) is 0 Å². The van der Waals surface area contributed by atoms with Crippen LogP contribution in [0.3, 0.4) is 0 Å². The normalized spacial score (nSPS) is 29.3. The van der Waals surface area contributed by atoms with Crippen molar-refractivity contribution in [2.75, 3.05) is 0 Å². The Labute approximate surface area is 73.1 Å². The molecular formula is C10H12N2. The predicted octanol–water partition coefficient (Wildman–Crippen LogP) is 2.40. The molecule has 12 heavy (non-hydrogen) atoms. The summed E-state index contributed by atoms with van der Waals surface area (Å²) in [6.07, 6.45) is 1.56. The summed E-state index contributed by atoms with van der Waals surface area (Å²) in [5.74, 6) is -0.169. The zero-order valence-corrected chi connectivity index (χ0v) is 7.46. The monoisotopic (exact) mass is 160 g/mol. The lowest BCUT2D eigenvalue weighted by molar-refractivity contribution is 0.457. The van der Waals surface area contributed by atoms with Crippen LogP contribution in [0.1, 0.15) is 26.7 Å². The summed E-state index contributed by atoms with van der Waals surface area (Å²) in [4.78, 5) is 0. The van der Waals surface area contributed by atoms with Crippen LogP contribution in [0.5, 0.6) is 0 Å². The van der Waals surface area contributed by atoms with E-state index in [1.54, 1.807) is 0 Å². The average Bonchev–Trinajstić information content (AvgIpc) is 2.09. The van der Waals surface area contributed by atoms with Crippen molar-refractivity contribution >= 4 is 0 Å². The second-order valence-corrected chi connectivity index (χ2v) is 3.44. The molecule has 0 spiro atoms. The Bertz CT molecular complexity index is 258. The van der Waals surface area contributed by atoms with Crippen molar-refractivity contribution in [1.82, 2.24) is 0 Å². The molecule has 0 aromatic carbocycles. The van der Waals surface area contributed by atoms with Crippen LogP contribution < -0.4 is 0 Å². The van der Waals surface area contributed by atoms with Gasteiger partial charge < -0.3 is 0 Å². The number of rotatable bonds is 0. The van der Waals surface area contributed by atoms with E-state index in [9.17, 15) is 0 Å². The number of allylic oxidation sites excluding steroid dienone is 2. The summed E-state index contributed by atoms with van der Waals surface area (Å²) in [6, 6.07) is 4.40. The first kappa shape index (κ1) is 8.81. The zero-order chi connectivity index (χ0) is 9.14. The van der Waals surface area contributed by atoms with Crippen molar-refractivity contribution in [2.45, 2.75) is 26.7 Å². The maximum Gasteiger partial charge on any atom is 0.0673 e. The molecule has 1 aliphatic rings. The quantitative estimate of drug-likeness (QED) is 0.511. The predicted molar refractivity (Wildman–Crippen MR) is 45.8 cm³/mol. The third-order valence-electron chi connectivity index (χ3n) is 2.60. The number of hydrogen-bond donors (Lipinski definition) is 0. The van der Waals surface area contributed by atoms with Crippen LogP contribution in [0.25, 0.3) is 0 Å². The van der Waals surface area contributed by atoms with Gasteiger partial charge in [0.2, 0.25) is 0 Å². The smallest absolute Gasteiger partial charge is 0.0673 e. The molecule has 0 heterocycles. The maximum atomic E-state index is 8.77. The zero-order valence-electron chi connectivity index (χ0n) is 7.46. The van der Waals surface area contributed by atoms with Crippen LogP contribution in [0.15, 0.2) is 11.1 Å². The highest BCUT2D eigenvalue weighted by atomic mass is 14.4. The van der Waals surface area contributed by atoms with Gasteiger partial charge >= 0.3 is 0 Å². The van der Waals surface area contributed by atoms with E-state index in [0.29, 0.717) is 0 Å². The maximum absolute atomic E-state index is 8.77. The summed E-state index contributed by atoms with van der Waals surface area (Å²) in [6.45, 7) is 4.10. The van der Waals surface area contributed by atoms with Gasteiger partial charge in [0, 0.05) is 0 Å². The molecule has 0 aromatic rings. The molecule has 0 saturated heterocycles. The van der Waals surface area contributed by atoms with Gasteiger partial charge in [0.25, 0.3) is 0 Å². The fraction of sp³-hybridized carbons (Fsp3) is 0.600. The fourth-order valence-electron chi connectivity index (χ4n) is 1.56. The van der Waals surface area contributed by atoms with Gasteiger partial charge in [0.1, 0.15) is 0 Å². The van der Waals surface area contributed by atoms with E-state index >= 15 is 0 Å². The van der Waals surface area contributed by atoms with Crippen LogP contribution >= 0.6 is 0 Å². The van der Waals surface area contributed by atoms with E-state index in [2.05, 4.69) is 12.1 Å². The van der Waals surface area contributed by atoms with Gasteiger partial charge in [0.15, 0.2) is 0 Å². The Kier molecular flexibility index (Phi) is 2.51. The molecule has 2 heteroatoms. The van der Waals surface area contributed by atoms with Crippen molar-refractivity contribution in [3.05, 3.63) is 11.1 Å². The molecule has 1 aliphatic carbocycles. The SMILES string of the molecule is CC1=C(C)C[C@H](C#N)[C@H](C#N)C1. The Morgan fingerprint density at radius 2 is 1.33 bits per heavy atom. The standard InChI is InChI=1S/C10H12N2/c1-7-3-9(5-11)10(6-12)4-8(7)2/h9-10H,3-4H2,1-2H3/t9-,10+. The summed E-state index contributed by atoms with van der Waals surface area (Å²) in [5, 5.41) is 17.5. The van der Waals surface area contributed by atoms with E-state index in [-0.39, 0.29) is 11.8 Å². The van der Waals surface area contributed by atoms with Gasteiger partial charge in [0.05, 0.1) is 24.0 Å².